The predicted octanol–water partition coefficient (Wildman–Crippen LogP) is 1.72. The fraction of sp³-hybridized carbons (Fsp3) is 0.200. The molecular formula is C15H19N5. The van der Waals surface area contributed by atoms with E-state index in [2.05, 4.69) is 39.4 Å². The summed E-state index contributed by atoms with van der Waals surface area (Å²) >= 11 is 0. The molecule has 0 radical (unpaired) electrons. The number of nitrogens with zero attached hydrogens (tertiary/aromatic N) is 3. The molecule has 0 aliphatic heterocycles. The fourth-order valence-corrected chi connectivity index (χ4v) is 1.81. The molecule has 0 bridgehead atoms. The smallest absolute Gasteiger partial charge is 0.191 e. The maximum Gasteiger partial charge on any atom is 0.191 e. The van der Waals surface area contributed by atoms with Crippen molar-refractivity contribution < 1.29 is 0 Å². The lowest BCUT2D eigenvalue weighted by atomic mass is 10.2. The van der Waals surface area contributed by atoms with Crippen molar-refractivity contribution in [2.45, 2.75) is 6.54 Å². The zero-order chi connectivity index (χ0) is 14.2. The molecule has 5 heteroatoms. The summed E-state index contributed by atoms with van der Waals surface area (Å²) in [5.41, 5.74) is 2.21. The summed E-state index contributed by atoms with van der Waals surface area (Å²) in [5, 5.41) is 10.6. The molecule has 1 heterocycles. The molecule has 0 unspecified atom stereocenters. The molecular weight excluding hydrogens is 250 g/mol. The van der Waals surface area contributed by atoms with Gasteiger partial charge in [-0.05, 0) is 23.8 Å². The van der Waals surface area contributed by atoms with Gasteiger partial charge in [-0.25, -0.2) is 4.68 Å². The summed E-state index contributed by atoms with van der Waals surface area (Å²) in [6.07, 6.45) is 5.49. The second-order valence-electron chi connectivity index (χ2n) is 4.22. The SMILES string of the molecule is C=CCNC(=NC)NCc1cccc(-n2cccn2)c1. The van der Waals surface area contributed by atoms with E-state index in [1.54, 1.807) is 19.3 Å². The van der Waals surface area contributed by atoms with Crippen LogP contribution in [0.5, 0.6) is 0 Å². The van der Waals surface area contributed by atoms with Crippen molar-refractivity contribution >= 4 is 5.96 Å². The summed E-state index contributed by atoms with van der Waals surface area (Å²) < 4.78 is 1.84. The number of hydrogen-bond acceptors (Lipinski definition) is 2. The Morgan fingerprint density at radius 2 is 2.30 bits per heavy atom. The van der Waals surface area contributed by atoms with Crippen LogP contribution in [0.3, 0.4) is 0 Å². The van der Waals surface area contributed by atoms with E-state index in [0.717, 1.165) is 11.6 Å². The number of benzene rings is 1. The number of nitrogens with one attached hydrogen (secondary N) is 2. The Morgan fingerprint density at radius 3 is 3.00 bits per heavy atom. The molecule has 2 aromatic rings. The van der Waals surface area contributed by atoms with E-state index in [9.17, 15) is 0 Å². The summed E-state index contributed by atoms with van der Waals surface area (Å²) in [5.74, 6) is 0.759. The van der Waals surface area contributed by atoms with Crippen molar-refractivity contribution in [2.75, 3.05) is 13.6 Å². The highest BCUT2D eigenvalue weighted by Crippen LogP contribution is 2.09. The standard InChI is InChI=1S/C15H19N5/c1-3-8-17-15(16-2)18-12-13-6-4-7-14(11-13)20-10-5-9-19-20/h3-7,9-11H,1,8,12H2,2H3,(H2,16,17,18). The molecule has 2 N–H and O–H groups in total. The molecule has 0 aliphatic carbocycles. The third-order valence-corrected chi connectivity index (χ3v) is 2.78. The van der Waals surface area contributed by atoms with E-state index in [4.69, 9.17) is 0 Å². The average molecular weight is 269 g/mol. The van der Waals surface area contributed by atoms with Gasteiger partial charge in [0.25, 0.3) is 0 Å². The predicted molar refractivity (Wildman–Crippen MR) is 82.0 cm³/mol. The van der Waals surface area contributed by atoms with E-state index in [1.165, 1.54) is 5.56 Å². The van der Waals surface area contributed by atoms with Crippen LogP contribution in [0.4, 0.5) is 0 Å². The topological polar surface area (TPSA) is 54.2 Å². The lowest BCUT2D eigenvalue weighted by Gasteiger charge is -2.11. The molecule has 1 aromatic carbocycles. The van der Waals surface area contributed by atoms with Crippen LogP contribution >= 0.6 is 0 Å². The molecule has 104 valence electrons. The molecule has 0 amide bonds. The maximum atomic E-state index is 4.23. The summed E-state index contributed by atoms with van der Waals surface area (Å²) in [7, 11) is 1.75. The molecule has 0 saturated heterocycles. The van der Waals surface area contributed by atoms with Crippen molar-refractivity contribution in [3.05, 3.63) is 60.9 Å². The van der Waals surface area contributed by atoms with Crippen LogP contribution in [0.1, 0.15) is 5.56 Å². The Bertz CT molecular complexity index is 572. The van der Waals surface area contributed by atoms with E-state index < -0.39 is 0 Å². The van der Waals surface area contributed by atoms with Gasteiger partial charge in [-0.15, -0.1) is 6.58 Å². The van der Waals surface area contributed by atoms with Gasteiger partial charge >= 0.3 is 0 Å². The van der Waals surface area contributed by atoms with Gasteiger partial charge < -0.3 is 10.6 Å². The minimum atomic E-state index is 0.688. The van der Waals surface area contributed by atoms with Crippen LogP contribution in [-0.4, -0.2) is 29.3 Å². The first-order valence-electron chi connectivity index (χ1n) is 6.48. The molecule has 0 fully saturated rings. The Balaban J connectivity index is 2.00. The first-order valence-corrected chi connectivity index (χ1v) is 6.48. The van der Waals surface area contributed by atoms with E-state index in [1.807, 2.05) is 29.1 Å². The Labute approximate surface area is 119 Å². The van der Waals surface area contributed by atoms with Gasteiger partial charge in [0.05, 0.1) is 5.69 Å². The summed E-state index contributed by atoms with van der Waals surface area (Å²) in [6, 6.07) is 10.1. The lowest BCUT2D eigenvalue weighted by Crippen LogP contribution is -2.36. The monoisotopic (exact) mass is 269 g/mol. The van der Waals surface area contributed by atoms with Crippen molar-refractivity contribution in [2.24, 2.45) is 4.99 Å². The molecule has 0 aliphatic rings. The third kappa shape index (κ3) is 3.71. The van der Waals surface area contributed by atoms with Gasteiger partial charge in [0.15, 0.2) is 5.96 Å². The minimum Gasteiger partial charge on any atom is -0.353 e. The third-order valence-electron chi connectivity index (χ3n) is 2.78. The van der Waals surface area contributed by atoms with E-state index >= 15 is 0 Å². The molecule has 2 rings (SSSR count). The van der Waals surface area contributed by atoms with Gasteiger partial charge in [0, 0.05) is 32.5 Å². The van der Waals surface area contributed by atoms with E-state index in [0.29, 0.717) is 13.1 Å². The van der Waals surface area contributed by atoms with Crippen LogP contribution < -0.4 is 10.6 Å². The van der Waals surface area contributed by atoms with Crippen molar-refractivity contribution in [1.82, 2.24) is 20.4 Å². The molecule has 1 aromatic heterocycles. The first-order chi connectivity index (χ1) is 9.83. The molecule has 0 saturated carbocycles. The Kier molecular flexibility index (Phi) is 4.94. The first kappa shape index (κ1) is 13.9. The number of guanidine groups is 1. The number of rotatable bonds is 5. The molecule has 5 nitrogen and oxygen atoms in total. The second-order valence-corrected chi connectivity index (χ2v) is 4.22. The van der Waals surface area contributed by atoms with Crippen molar-refractivity contribution in [3.63, 3.8) is 0 Å². The number of hydrogen-bond donors (Lipinski definition) is 2. The average Bonchev–Trinajstić information content (AvgIpc) is 3.02. The lowest BCUT2D eigenvalue weighted by molar-refractivity contribution is 0.838. The van der Waals surface area contributed by atoms with Crippen molar-refractivity contribution in [3.8, 4) is 5.69 Å². The summed E-state index contributed by atoms with van der Waals surface area (Å²) in [4.78, 5) is 4.14. The van der Waals surface area contributed by atoms with Crippen LogP contribution in [0.25, 0.3) is 5.69 Å². The number of aliphatic imine (C=N–C) groups is 1. The largest absolute Gasteiger partial charge is 0.353 e. The molecule has 0 atom stereocenters. The highest BCUT2D eigenvalue weighted by molar-refractivity contribution is 5.79. The van der Waals surface area contributed by atoms with Gasteiger partial charge in [0.1, 0.15) is 0 Å². The molecule has 0 spiro atoms. The quantitative estimate of drug-likeness (QED) is 0.494. The summed E-state index contributed by atoms with van der Waals surface area (Å²) in [6.45, 7) is 5.06. The minimum absolute atomic E-state index is 0.688. The van der Waals surface area contributed by atoms with Gasteiger partial charge in [-0.2, -0.15) is 5.10 Å². The van der Waals surface area contributed by atoms with Crippen LogP contribution in [-0.2, 0) is 6.54 Å². The second kappa shape index (κ2) is 7.13. The normalized spacial score (nSPS) is 11.2. The fourth-order valence-electron chi connectivity index (χ4n) is 1.81. The van der Waals surface area contributed by atoms with Crippen LogP contribution in [0.2, 0.25) is 0 Å². The van der Waals surface area contributed by atoms with Crippen molar-refractivity contribution in [1.29, 1.82) is 0 Å². The van der Waals surface area contributed by atoms with Gasteiger partial charge in [-0.1, -0.05) is 18.2 Å². The Morgan fingerprint density at radius 1 is 1.40 bits per heavy atom. The molecule has 20 heavy (non-hydrogen) atoms. The van der Waals surface area contributed by atoms with Crippen LogP contribution in [0, 0.1) is 0 Å². The van der Waals surface area contributed by atoms with Crippen LogP contribution in [0.15, 0.2) is 60.4 Å². The Hall–Kier alpha value is -2.56. The zero-order valence-electron chi connectivity index (χ0n) is 11.6. The highest BCUT2D eigenvalue weighted by Gasteiger charge is 2.00. The van der Waals surface area contributed by atoms with Gasteiger partial charge in [0.2, 0.25) is 0 Å². The zero-order valence-corrected chi connectivity index (χ0v) is 11.6. The van der Waals surface area contributed by atoms with E-state index in [-0.39, 0.29) is 0 Å². The maximum absolute atomic E-state index is 4.23. The highest BCUT2D eigenvalue weighted by atomic mass is 15.3. The van der Waals surface area contributed by atoms with Gasteiger partial charge in [-0.3, -0.25) is 4.99 Å². The number of aromatic nitrogens is 2.